The predicted molar refractivity (Wildman–Crippen MR) is 89.8 cm³/mol. The summed E-state index contributed by atoms with van der Waals surface area (Å²) >= 11 is 0. The Morgan fingerprint density at radius 3 is 2.42 bits per heavy atom. The highest BCUT2D eigenvalue weighted by molar-refractivity contribution is 5.90. The van der Waals surface area contributed by atoms with Crippen LogP contribution >= 0.6 is 0 Å². The highest BCUT2D eigenvalue weighted by Crippen LogP contribution is 2.42. The monoisotopic (exact) mass is 362 g/mol. The third-order valence-corrected chi connectivity index (χ3v) is 4.07. The second-order valence-corrected chi connectivity index (χ2v) is 5.74. The Morgan fingerprint density at radius 1 is 1.12 bits per heavy atom. The van der Waals surface area contributed by atoms with Crippen molar-refractivity contribution in [3.8, 4) is 5.75 Å². The smallest absolute Gasteiger partial charge is 0.408 e. The molecule has 0 aliphatic heterocycles. The summed E-state index contributed by atoms with van der Waals surface area (Å²) in [7, 11) is 0. The number of alkyl halides is 3. The molecule has 0 spiro atoms. The predicted octanol–water partition coefficient (Wildman–Crippen LogP) is 5.74. The number of fused-ring (bicyclic) bond motifs is 1. The minimum absolute atomic E-state index is 0.00489. The number of halogens is 4. The Bertz CT molecular complexity index is 982. The van der Waals surface area contributed by atoms with Crippen LogP contribution < -0.4 is 4.74 Å². The number of benzene rings is 2. The summed E-state index contributed by atoms with van der Waals surface area (Å²) in [6.07, 6.45) is -4.61. The molecule has 0 bridgehead atoms. The molecule has 3 nitrogen and oxygen atoms in total. The van der Waals surface area contributed by atoms with Crippen LogP contribution in [0.25, 0.3) is 15.7 Å². The minimum atomic E-state index is -4.61. The lowest BCUT2D eigenvalue weighted by Gasteiger charge is -2.13. The first-order valence-corrected chi connectivity index (χ1v) is 7.77. The number of hydrogen-bond donors (Lipinski definition) is 0. The molecule has 0 atom stereocenters. The van der Waals surface area contributed by atoms with Crippen molar-refractivity contribution in [2.24, 2.45) is 0 Å². The van der Waals surface area contributed by atoms with Crippen LogP contribution in [-0.2, 0) is 12.7 Å². The zero-order valence-electron chi connectivity index (χ0n) is 13.8. The van der Waals surface area contributed by atoms with Gasteiger partial charge in [0.15, 0.2) is 5.69 Å². The second-order valence-electron chi connectivity index (χ2n) is 5.74. The van der Waals surface area contributed by atoms with Crippen LogP contribution in [0, 0.1) is 19.3 Å². The maximum Gasteiger partial charge on any atom is 0.408 e. The third-order valence-electron chi connectivity index (χ3n) is 4.07. The number of rotatable bonds is 4. The van der Waals surface area contributed by atoms with E-state index in [4.69, 9.17) is 11.3 Å². The standard InChI is InChI=1S/C19H14F4N2O/c1-12-11-15-17(8-7-16(24-2)18(15)19(21,22)23)25(12)9-10-26-14-5-3-13(20)4-6-14/h3-8,11H,9-10H2,1H3. The highest BCUT2D eigenvalue weighted by Gasteiger charge is 2.36. The molecular weight excluding hydrogens is 348 g/mol. The molecule has 0 aliphatic carbocycles. The normalized spacial score (nSPS) is 11.5. The fourth-order valence-corrected chi connectivity index (χ4v) is 2.93. The van der Waals surface area contributed by atoms with Crippen molar-refractivity contribution in [3.63, 3.8) is 0 Å². The van der Waals surface area contributed by atoms with Crippen LogP contribution in [0.3, 0.4) is 0 Å². The lowest BCUT2D eigenvalue weighted by molar-refractivity contribution is -0.135. The molecule has 134 valence electrons. The average molecular weight is 362 g/mol. The van der Waals surface area contributed by atoms with E-state index >= 15 is 0 Å². The highest BCUT2D eigenvalue weighted by atomic mass is 19.4. The Hall–Kier alpha value is -3.01. The lowest BCUT2D eigenvalue weighted by Crippen LogP contribution is -2.10. The molecule has 26 heavy (non-hydrogen) atoms. The molecule has 0 unspecified atom stereocenters. The van der Waals surface area contributed by atoms with E-state index < -0.39 is 17.4 Å². The lowest BCUT2D eigenvalue weighted by atomic mass is 10.1. The van der Waals surface area contributed by atoms with Gasteiger partial charge in [0.2, 0.25) is 0 Å². The van der Waals surface area contributed by atoms with Crippen LogP contribution in [0.2, 0.25) is 0 Å². The van der Waals surface area contributed by atoms with E-state index in [-0.39, 0.29) is 17.8 Å². The Labute approximate surface area is 147 Å². The van der Waals surface area contributed by atoms with E-state index in [1.165, 1.54) is 42.5 Å². The SMILES string of the molecule is [C-]#[N+]c1ccc2c(cc(C)n2CCOc2ccc(F)cc2)c1C(F)(F)F. The number of aromatic nitrogens is 1. The summed E-state index contributed by atoms with van der Waals surface area (Å²) in [5.74, 6) is 0.103. The summed E-state index contributed by atoms with van der Waals surface area (Å²) in [6.45, 7) is 9.23. The molecule has 3 aromatic rings. The largest absolute Gasteiger partial charge is 0.492 e. The van der Waals surface area contributed by atoms with Gasteiger partial charge >= 0.3 is 6.18 Å². The Morgan fingerprint density at radius 2 is 1.81 bits per heavy atom. The summed E-state index contributed by atoms with van der Waals surface area (Å²) < 4.78 is 60.3. The first-order valence-electron chi connectivity index (χ1n) is 7.77. The molecule has 1 aromatic heterocycles. The average Bonchev–Trinajstić information content (AvgIpc) is 2.90. The summed E-state index contributed by atoms with van der Waals surface area (Å²) in [4.78, 5) is 3.00. The zero-order chi connectivity index (χ0) is 18.9. The van der Waals surface area contributed by atoms with E-state index in [0.29, 0.717) is 23.5 Å². The molecule has 0 saturated carbocycles. The number of ether oxygens (including phenoxy) is 1. The molecule has 0 N–H and O–H groups in total. The van der Waals surface area contributed by atoms with Crippen LogP contribution in [0.1, 0.15) is 11.3 Å². The molecule has 0 amide bonds. The van der Waals surface area contributed by atoms with Gasteiger partial charge in [0, 0.05) is 16.6 Å². The molecule has 1 heterocycles. The van der Waals surface area contributed by atoms with Crippen molar-refractivity contribution in [2.75, 3.05) is 6.61 Å². The van der Waals surface area contributed by atoms with Gasteiger partial charge in [0.25, 0.3) is 0 Å². The van der Waals surface area contributed by atoms with Gasteiger partial charge in [-0.15, -0.1) is 0 Å². The van der Waals surface area contributed by atoms with Crippen molar-refractivity contribution in [1.29, 1.82) is 0 Å². The molecule has 0 saturated heterocycles. The van der Waals surface area contributed by atoms with Gasteiger partial charge in [-0.3, -0.25) is 0 Å². The third kappa shape index (κ3) is 3.36. The number of aryl methyl sites for hydroxylation is 1. The van der Waals surface area contributed by atoms with Crippen LogP contribution in [-0.4, -0.2) is 11.2 Å². The van der Waals surface area contributed by atoms with Gasteiger partial charge in [-0.05, 0) is 43.3 Å². The molecular formula is C19H14F4N2O. The molecule has 0 fully saturated rings. The topological polar surface area (TPSA) is 18.5 Å². The van der Waals surface area contributed by atoms with Crippen molar-refractivity contribution in [1.82, 2.24) is 4.57 Å². The van der Waals surface area contributed by atoms with Crippen LogP contribution in [0.5, 0.6) is 5.75 Å². The van der Waals surface area contributed by atoms with Gasteiger partial charge in [0.05, 0.1) is 18.7 Å². The number of nitrogens with zero attached hydrogens (tertiary/aromatic N) is 2. The maximum absolute atomic E-state index is 13.4. The fraction of sp³-hybridized carbons (Fsp3) is 0.211. The summed E-state index contributed by atoms with van der Waals surface area (Å²) in [5.41, 5.74) is -0.295. The fourth-order valence-electron chi connectivity index (χ4n) is 2.93. The first-order chi connectivity index (χ1) is 12.3. The van der Waals surface area contributed by atoms with E-state index in [9.17, 15) is 17.6 Å². The van der Waals surface area contributed by atoms with Gasteiger partial charge in [-0.1, -0.05) is 6.07 Å². The Balaban J connectivity index is 1.91. The van der Waals surface area contributed by atoms with Crippen molar-refractivity contribution in [2.45, 2.75) is 19.6 Å². The van der Waals surface area contributed by atoms with E-state index in [1.54, 1.807) is 11.5 Å². The molecule has 2 aromatic carbocycles. The van der Waals surface area contributed by atoms with Crippen LogP contribution in [0.4, 0.5) is 23.2 Å². The first kappa shape index (κ1) is 17.8. The second kappa shape index (κ2) is 6.71. The molecule has 7 heteroatoms. The number of hydrogen-bond acceptors (Lipinski definition) is 1. The van der Waals surface area contributed by atoms with E-state index in [0.717, 1.165) is 0 Å². The van der Waals surface area contributed by atoms with Gasteiger partial charge in [-0.2, -0.15) is 13.2 Å². The maximum atomic E-state index is 13.4. The van der Waals surface area contributed by atoms with Gasteiger partial charge < -0.3 is 9.30 Å². The quantitative estimate of drug-likeness (QED) is 0.428. The molecule has 0 radical (unpaired) electrons. The van der Waals surface area contributed by atoms with Crippen molar-refractivity contribution in [3.05, 3.63) is 71.0 Å². The summed E-state index contributed by atoms with van der Waals surface area (Å²) in [5, 5.41) is 0.00489. The minimum Gasteiger partial charge on any atom is -0.492 e. The van der Waals surface area contributed by atoms with E-state index in [2.05, 4.69) is 4.85 Å². The molecule has 3 rings (SSSR count). The van der Waals surface area contributed by atoms with Gasteiger partial charge in [-0.25, -0.2) is 9.24 Å². The van der Waals surface area contributed by atoms with Crippen molar-refractivity contribution < 1.29 is 22.3 Å². The molecule has 0 aliphatic rings. The van der Waals surface area contributed by atoms with Gasteiger partial charge in [0.1, 0.15) is 18.2 Å². The van der Waals surface area contributed by atoms with Crippen molar-refractivity contribution >= 4 is 16.6 Å². The summed E-state index contributed by atoms with van der Waals surface area (Å²) in [6, 6.07) is 9.66. The van der Waals surface area contributed by atoms with Crippen LogP contribution in [0.15, 0.2) is 42.5 Å². The van der Waals surface area contributed by atoms with E-state index in [1.807, 2.05) is 0 Å². The Kier molecular flexibility index (Phi) is 4.60. The zero-order valence-corrected chi connectivity index (χ0v) is 13.8.